The molecular weight excluding hydrogens is 222 g/mol. The number of rotatable bonds is 3. The smallest absolute Gasteiger partial charge is 0.308 e. The molecule has 2 saturated heterocycles. The van der Waals surface area contributed by atoms with Crippen molar-refractivity contribution < 1.29 is 19.0 Å². The van der Waals surface area contributed by atoms with Crippen molar-refractivity contribution in [1.82, 2.24) is 4.90 Å². The van der Waals surface area contributed by atoms with Crippen LogP contribution in [0.4, 0.5) is 0 Å². The van der Waals surface area contributed by atoms with Crippen molar-refractivity contribution in [3.8, 4) is 0 Å². The van der Waals surface area contributed by atoms with E-state index >= 15 is 0 Å². The Labute approximate surface area is 102 Å². The van der Waals surface area contributed by atoms with Crippen molar-refractivity contribution in [2.24, 2.45) is 5.92 Å². The van der Waals surface area contributed by atoms with Gasteiger partial charge in [-0.15, -0.1) is 0 Å². The first-order valence-electron chi connectivity index (χ1n) is 6.21. The van der Waals surface area contributed by atoms with Crippen molar-refractivity contribution in [3.63, 3.8) is 0 Å². The van der Waals surface area contributed by atoms with Crippen LogP contribution in [-0.4, -0.2) is 57.1 Å². The molecule has 17 heavy (non-hydrogen) atoms. The summed E-state index contributed by atoms with van der Waals surface area (Å²) in [6, 6.07) is 0. The van der Waals surface area contributed by atoms with E-state index in [1.807, 2.05) is 0 Å². The summed E-state index contributed by atoms with van der Waals surface area (Å²) in [5.74, 6) is 0.191. The lowest BCUT2D eigenvalue weighted by molar-refractivity contribution is -0.145. The predicted molar refractivity (Wildman–Crippen MR) is 61.5 cm³/mol. The van der Waals surface area contributed by atoms with Gasteiger partial charge in [-0.1, -0.05) is 0 Å². The molecule has 0 bridgehead atoms. The third-order valence-electron chi connectivity index (χ3n) is 3.44. The number of carbonyl (C=O) groups excluding carboxylic acids is 1. The van der Waals surface area contributed by atoms with Crippen LogP contribution in [0.25, 0.3) is 0 Å². The molecule has 2 aliphatic heterocycles. The van der Waals surface area contributed by atoms with Gasteiger partial charge < -0.3 is 19.1 Å². The highest BCUT2D eigenvalue weighted by Gasteiger charge is 2.35. The Kier molecular flexibility index (Phi) is 4.36. The molecule has 0 spiro atoms. The van der Waals surface area contributed by atoms with E-state index in [9.17, 15) is 4.79 Å². The number of likely N-dealkylation sites (tertiary alicyclic amines) is 1. The lowest BCUT2D eigenvalue weighted by Gasteiger charge is -2.32. The highest BCUT2D eigenvalue weighted by molar-refractivity contribution is 5.69. The van der Waals surface area contributed by atoms with E-state index < -0.39 is 0 Å². The van der Waals surface area contributed by atoms with Crippen molar-refractivity contribution in [2.45, 2.75) is 31.7 Å². The van der Waals surface area contributed by atoms with Crippen LogP contribution in [0.2, 0.25) is 0 Å². The van der Waals surface area contributed by atoms with Crippen LogP contribution < -0.4 is 0 Å². The second kappa shape index (κ2) is 5.80. The van der Waals surface area contributed by atoms with Gasteiger partial charge in [-0.25, -0.2) is 0 Å². The van der Waals surface area contributed by atoms with Gasteiger partial charge in [-0.2, -0.15) is 0 Å². The molecule has 5 nitrogen and oxygen atoms in total. The van der Waals surface area contributed by atoms with Gasteiger partial charge in [0.1, 0.15) is 0 Å². The second-order valence-corrected chi connectivity index (χ2v) is 4.90. The molecule has 3 unspecified atom stereocenters. The quantitative estimate of drug-likeness (QED) is 0.681. The van der Waals surface area contributed by atoms with E-state index in [0.717, 1.165) is 19.5 Å². The minimum Gasteiger partial charge on any atom is -0.469 e. The van der Waals surface area contributed by atoms with Crippen LogP contribution in [-0.2, 0) is 19.0 Å². The molecule has 0 aromatic heterocycles. The zero-order valence-electron chi connectivity index (χ0n) is 10.6. The number of nitrogens with zero attached hydrogens (tertiary/aromatic N) is 1. The molecule has 5 heteroatoms. The van der Waals surface area contributed by atoms with Crippen molar-refractivity contribution in [2.75, 3.05) is 33.9 Å². The summed E-state index contributed by atoms with van der Waals surface area (Å²) in [4.78, 5) is 13.4. The van der Waals surface area contributed by atoms with Gasteiger partial charge in [0, 0.05) is 12.5 Å². The standard InChI is InChI=1S/C12H21NO4/c1-13-5-3-4-9(7-13)12-16-8-10(17-12)6-11(14)15-2/h9-10,12H,3-8H2,1-2H3. The molecule has 2 aliphatic rings. The average Bonchev–Trinajstić information content (AvgIpc) is 2.77. The summed E-state index contributed by atoms with van der Waals surface area (Å²) in [7, 11) is 3.51. The summed E-state index contributed by atoms with van der Waals surface area (Å²) in [6.07, 6.45) is 2.33. The molecule has 98 valence electrons. The van der Waals surface area contributed by atoms with E-state index in [1.54, 1.807) is 0 Å². The fourth-order valence-electron chi connectivity index (χ4n) is 2.52. The average molecular weight is 243 g/mol. The number of esters is 1. The first kappa shape index (κ1) is 12.8. The SMILES string of the molecule is COC(=O)CC1COC(C2CCCN(C)C2)O1. The van der Waals surface area contributed by atoms with Crippen LogP contribution in [0.15, 0.2) is 0 Å². The molecule has 2 fully saturated rings. The number of hydrogen-bond acceptors (Lipinski definition) is 5. The largest absolute Gasteiger partial charge is 0.469 e. The zero-order chi connectivity index (χ0) is 12.3. The van der Waals surface area contributed by atoms with Gasteiger partial charge in [-0.3, -0.25) is 4.79 Å². The van der Waals surface area contributed by atoms with Gasteiger partial charge in [-0.05, 0) is 26.4 Å². The van der Waals surface area contributed by atoms with Crippen LogP contribution >= 0.6 is 0 Å². The van der Waals surface area contributed by atoms with E-state index in [2.05, 4.69) is 16.7 Å². The fourth-order valence-corrected chi connectivity index (χ4v) is 2.52. The molecular formula is C12H21NO4. The first-order valence-corrected chi connectivity index (χ1v) is 6.21. The van der Waals surface area contributed by atoms with E-state index in [1.165, 1.54) is 13.5 Å². The van der Waals surface area contributed by atoms with Gasteiger partial charge in [0.05, 0.1) is 26.2 Å². The minimum absolute atomic E-state index is 0.139. The number of piperidine rings is 1. The molecule has 0 aliphatic carbocycles. The second-order valence-electron chi connectivity index (χ2n) is 4.90. The number of carbonyl (C=O) groups is 1. The Hall–Kier alpha value is -0.650. The van der Waals surface area contributed by atoms with E-state index in [-0.39, 0.29) is 24.8 Å². The van der Waals surface area contributed by atoms with Crippen LogP contribution in [0.5, 0.6) is 0 Å². The Morgan fingerprint density at radius 3 is 3.06 bits per heavy atom. The normalized spacial score (nSPS) is 34.8. The predicted octanol–water partition coefficient (Wildman–Crippen LogP) is 0.633. The number of ether oxygens (including phenoxy) is 3. The highest BCUT2D eigenvalue weighted by Crippen LogP contribution is 2.27. The lowest BCUT2D eigenvalue weighted by atomic mass is 9.98. The maximum Gasteiger partial charge on any atom is 0.308 e. The molecule has 0 aromatic rings. The van der Waals surface area contributed by atoms with Gasteiger partial charge >= 0.3 is 5.97 Å². The molecule has 3 atom stereocenters. The Morgan fingerprint density at radius 2 is 2.35 bits per heavy atom. The van der Waals surface area contributed by atoms with Gasteiger partial charge in [0.25, 0.3) is 0 Å². The molecule has 0 amide bonds. The van der Waals surface area contributed by atoms with Crippen molar-refractivity contribution in [3.05, 3.63) is 0 Å². The molecule has 2 rings (SSSR count). The van der Waals surface area contributed by atoms with E-state index in [0.29, 0.717) is 12.5 Å². The van der Waals surface area contributed by atoms with Crippen LogP contribution in [0.3, 0.4) is 0 Å². The Balaban J connectivity index is 1.78. The summed E-state index contributed by atoms with van der Waals surface area (Å²) in [6.45, 7) is 2.66. The molecule has 0 radical (unpaired) electrons. The molecule has 0 saturated carbocycles. The third-order valence-corrected chi connectivity index (χ3v) is 3.44. The highest BCUT2D eigenvalue weighted by atomic mass is 16.7. The van der Waals surface area contributed by atoms with Crippen LogP contribution in [0.1, 0.15) is 19.3 Å². The Bertz CT molecular complexity index is 271. The lowest BCUT2D eigenvalue weighted by Crippen LogP contribution is -2.38. The van der Waals surface area contributed by atoms with Gasteiger partial charge in [0.2, 0.25) is 0 Å². The summed E-state index contributed by atoms with van der Waals surface area (Å²) >= 11 is 0. The Morgan fingerprint density at radius 1 is 1.53 bits per heavy atom. The molecule has 2 heterocycles. The minimum atomic E-state index is -0.236. The van der Waals surface area contributed by atoms with Crippen LogP contribution in [0, 0.1) is 5.92 Å². The van der Waals surface area contributed by atoms with Gasteiger partial charge in [0.15, 0.2) is 6.29 Å². The zero-order valence-corrected chi connectivity index (χ0v) is 10.6. The molecule has 0 aromatic carbocycles. The van der Waals surface area contributed by atoms with E-state index in [4.69, 9.17) is 9.47 Å². The molecule has 0 N–H and O–H groups in total. The van der Waals surface area contributed by atoms with Crippen molar-refractivity contribution >= 4 is 5.97 Å². The monoisotopic (exact) mass is 243 g/mol. The number of hydrogen-bond donors (Lipinski definition) is 0. The third kappa shape index (κ3) is 3.40. The van der Waals surface area contributed by atoms with Crippen molar-refractivity contribution in [1.29, 1.82) is 0 Å². The summed E-state index contributed by atoms with van der Waals surface area (Å²) in [5.41, 5.74) is 0. The first-order chi connectivity index (χ1) is 8.19. The summed E-state index contributed by atoms with van der Waals surface area (Å²) in [5, 5.41) is 0. The number of methoxy groups -OCH3 is 1. The summed E-state index contributed by atoms with van der Waals surface area (Å²) < 4.78 is 16.0. The maximum absolute atomic E-state index is 11.1. The maximum atomic E-state index is 11.1. The topological polar surface area (TPSA) is 48.0 Å². The fraction of sp³-hybridized carbons (Fsp3) is 0.917.